The van der Waals surface area contributed by atoms with Crippen molar-refractivity contribution in [2.24, 2.45) is 5.92 Å². The van der Waals surface area contributed by atoms with E-state index < -0.39 is 5.54 Å². The van der Waals surface area contributed by atoms with Crippen LogP contribution in [0.2, 0.25) is 0 Å². The summed E-state index contributed by atoms with van der Waals surface area (Å²) in [5.41, 5.74) is -0.625. The van der Waals surface area contributed by atoms with Crippen molar-refractivity contribution in [2.45, 2.75) is 50.5 Å². The average molecular weight is 279 g/mol. The molecule has 1 aliphatic heterocycles. The highest BCUT2D eigenvalue weighted by Gasteiger charge is 2.34. The molecule has 1 saturated heterocycles. The summed E-state index contributed by atoms with van der Waals surface area (Å²) in [7, 11) is 0. The fraction of sp³-hybridized carbons (Fsp3) is 0.867. The molecule has 112 valence electrons. The molecule has 20 heavy (non-hydrogen) atoms. The van der Waals surface area contributed by atoms with Crippen LogP contribution in [0.3, 0.4) is 0 Å². The van der Waals surface area contributed by atoms with Crippen molar-refractivity contribution in [1.82, 2.24) is 10.2 Å². The largest absolute Gasteiger partial charge is 0.396 e. The lowest BCUT2D eigenvalue weighted by molar-refractivity contribution is -0.123. The van der Waals surface area contributed by atoms with Gasteiger partial charge in [0.25, 0.3) is 0 Å². The molecule has 1 unspecified atom stereocenters. The van der Waals surface area contributed by atoms with E-state index in [1.807, 2.05) is 0 Å². The molecule has 0 radical (unpaired) electrons. The predicted molar refractivity (Wildman–Crippen MR) is 75.8 cm³/mol. The van der Waals surface area contributed by atoms with E-state index in [0.29, 0.717) is 12.5 Å². The standard InChI is InChI=1S/C15H25N3O2/c16-12-15(6-2-1-3-7-15)17-14(20)11-18-8-4-13(10-18)5-9-19/h13,19H,1-11H2,(H,17,20). The van der Waals surface area contributed by atoms with Gasteiger partial charge >= 0.3 is 0 Å². The Morgan fingerprint density at radius 2 is 2.15 bits per heavy atom. The number of rotatable bonds is 5. The first-order valence-electron chi connectivity index (χ1n) is 7.73. The number of hydrogen-bond acceptors (Lipinski definition) is 4. The van der Waals surface area contributed by atoms with Crippen LogP contribution < -0.4 is 5.32 Å². The van der Waals surface area contributed by atoms with E-state index in [1.165, 1.54) is 0 Å². The van der Waals surface area contributed by atoms with Gasteiger partial charge in [-0.3, -0.25) is 9.69 Å². The van der Waals surface area contributed by atoms with Crippen LogP contribution in [0.4, 0.5) is 0 Å². The Bertz CT molecular complexity index is 372. The van der Waals surface area contributed by atoms with Crippen molar-refractivity contribution in [1.29, 1.82) is 5.26 Å². The third-order valence-corrected chi connectivity index (χ3v) is 4.57. The second kappa shape index (κ2) is 7.05. The molecule has 1 heterocycles. The summed E-state index contributed by atoms with van der Waals surface area (Å²) >= 11 is 0. The molecule has 1 saturated carbocycles. The minimum absolute atomic E-state index is 0.0295. The Labute approximate surface area is 120 Å². The number of aliphatic hydroxyl groups is 1. The van der Waals surface area contributed by atoms with Gasteiger partial charge in [-0.05, 0) is 38.1 Å². The Hall–Kier alpha value is -1.12. The van der Waals surface area contributed by atoms with Crippen LogP contribution in [0.25, 0.3) is 0 Å². The molecule has 1 aliphatic carbocycles. The van der Waals surface area contributed by atoms with Crippen LogP contribution >= 0.6 is 0 Å². The molecule has 2 N–H and O–H groups in total. The van der Waals surface area contributed by atoms with Gasteiger partial charge in [0.15, 0.2) is 0 Å². The number of aliphatic hydroxyl groups excluding tert-OH is 1. The van der Waals surface area contributed by atoms with Crippen LogP contribution in [0.15, 0.2) is 0 Å². The average Bonchev–Trinajstić information content (AvgIpc) is 2.87. The molecule has 1 atom stereocenters. The number of nitrogens with zero attached hydrogens (tertiary/aromatic N) is 2. The van der Waals surface area contributed by atoms with Gasteiger partial charge in [0.1, 0.15) is 5.54 Å². The van der Waals surface area contributed by atoms with Crippen molar-refractivity contribution in [3.63, 3.8) is 0 Å². The summed E-state index contributed by atoms with van der Waals surface area (Å²) < 4.78 is 0. The molecular formula is C15H25N3O2. The molecule has 0 aromatic carbocycles. The maximum Gasteiger partial charge on any atom is 0.235 e. The normalized spacial score (nSPS) is 26.1. The minimum Gasteiger partial charge on any atom is -0.396 e. The summed E-state index contributed by atoms with van der Waals surface area (Å²) in [6.45, 7) is 2.40. The Kier molecular flexibility index (Phi) is 5.38. The zero-order valence-corrected chi connectivity index (χ0v) is 12.1. The maximum absolute atomic E-state index is 12.1. The minimum atomic E-state index is -0.625. The van der Waals surface area contributed by atoms with Crippen LogP contribution in [0, 0.1) is 17.2 Å². The zero-order valence-electron chi connectivity index (χ0n) is 12.1. The Morgan fingerprint density at radius 1 is 1.40 bits per heavy atom. The fourth-order valence-electron chi connectivity index (χ4n) is 3.40. The van der Waals surface area contributed by atoms with Crippen LogP contribution in [-0.4, -0.2) is 47.7 Å². The number of carbonyl (C=O) groups excluding carboxylic acids is 1. The van der Waals surface area contributed by atoms with E-state index >= 15 is 0 Å². The highest BCUT2D eigenvalue weighted by Crippen LogP contribution is 2.27. The van der Waals surface area contributed by atoms with E-state index in [0.717, 1.165) is 58.0 Å². The summed E-state index contributed by atoms with van der Waals surface area (Å²) in [5, 5.41) is 21.3. The van der Waals surface area contributed by atoms with E-state index in [9.17, 15) is 10.1 Å². The van der Waals surface area contributed by atoms with Gasteiger partial charge in [-0.15, -0.1) is 0 Å². The molecule has 0 bridgehead atoms. The van der Waals surface area contributed by atoms with Gasteiger partial charge < -0.3 is 10.4 Å². The van der Waals surface area contributed by atoms with Crippen molar-refractivity contribution < 1.29 is 9.90 Å². The van der Waals surface area contributed by atoms with Crippen molar-refractivity contribution in [3.05, 3.63) is 0 Å². The summed E-state index contributed by atoms with van der Waals surface area (Å²) in [5.74, 6) is 0.477. The first-order chi connectivity index (χ1) is 9.67. The summed E-state index contributed by atoms with van der Waals surface area (Å²) in [4.78, 5) is 14.3. The number of amides is 1. The first-order valence-corrected chi connectivity index (χ1v) is 7.73. The molecule has 2 rings (SSSR count). The monoisotopic (exact) mass is 279 g/mol. The molecule has 5 nitrogen and oxygen atoms in total. The molecule has 0 aromatic heterocycles. The van der Waals surface area contributed by atoms with E-state index in [2.05, 4.69) is 16.3 Å². The molecule has 2 aliphatic rings. The SMILES string of the molecule is N#CC1(NC(=O)CN2CCC(CCO)C2)CCCCC1. The van der Waals surface area contributed by atoms with Gasteiger partial charge in [-0.25, -0.2) is 0 Å². The van der Waals surface area contributed by atoms with Gasteiger partial charge in [0.2, 0.25) is 5.91 Å². The highest BCUT2D eigenvalue weighted by atomic mass is 16.3. The predicted octanol–water partition coefficient (Wildman–Crippen LogP) is 1.03. The smallest absolute Gasteiger partial charge is 0.235 e. The summed E-state index contributed by atoms with van der Waals surface area (Å²) in [6.07, 6.45) is 6.64. The number of nitriles is 1. The van der Waals surface area contributed by atoms with Crippen molar-refractivity contribution >= 4 is 5.91 Å². The summed E-state index contributed by atoms with van der Waals surface area (Å²) in [6, 6.07) is 2.32. The third kappa shape index (κ3) is 3.94. The number of hydrogen-bond donors (Lipinski definition) is 2. The lowest BCUT2D eigenvalue weighted by Crippen LogP contribution is -2.51. The van der Waals surface area contributed by atoms with E-state index in [4.69, 9.17) is 5.11 Å². The first kappa shape index (κ1) is 15.3. The van der Waals surface area contributed by atoms with Crippen LogP contribution in [0.5, 0.6) is 0 Å². The number of nitrogens with one attached hydrogen (secondary N) is 1. The fourth-order valence-corrected chi connectivity index (χ4v) is 3.40. The van der Waals surface area contributed by atoms with Gasteiger partial charge in [0, 0.05) is 13.2 Å². The lowest BCUT2D eigenvalue weighted by Gasteiger charge is -2.32. The Balaban J connectivity index is 1.79. The molecule has 1 amide bonds. The second-order valence-electron chi connectivity index (χ2n) is 6.20. The van der Waals surface area contributed by atoms with Crippen molar-refractivity contribution in [3.8, 4) is 6.07 Å². The van der Waals surface area contributed by atoms with Gasteiger partial charge in [-0.1, -0.05) is 19.3 Å². The van der Waals surface area contributed by atoms with Gasteiger partial charge in [-0.2, -0.15) is 5.26 Å². The molecule has 5 heteroatoms. The number of carbonyl (C=O) groups is 1. The third-order valence-electron chi connectivity index (χ3n) is 4.57. The van der Waals surface area contributed by atoms with E-state index in [-0.39, 0.29) is 12.5 Å². The number of likely N-dealkylation sites (tertiary alicyclic amines) is 1. The molecule has 0 aromatic rings. The van der Waals surface area contributed by atoms with Crippen LogP contribution in [-0.2, 0) is 4.79 Å². The molecule has 0 spiro atoms. The maximum atomic E-state index is 12.1. The topological polar surface area (TPSA) is 76.4 Å². The van der Waals surface area contributed by atoms with Gasteiger partial charge in [0.05, 0.1) is 12.6 Å². The molecule has 2 fully saturated rings. The van der Waals surface area contributed by atoms with Crippen LogP contribution in [0.1, 0.15) is 44.9 Å². The van der Waals surface area contributed by atoms with E-state index in [1.54, 1.807) is 0 Å². The Morgan fingerprint density at radius 3 is 2.80 bits per heavy atom. The highest BCUT2D eigenvalue weighted by molar-refractivity contribution is 5.79. The quantitative estimate of drug-likeness (QED) is 0.788. The lowest BCUT2D eigenvalue weighted by atomic mass is 9.83. The van der Waals surface area contributed by atoms with Crippen molar-refractivity contribution in [2.75, 3.05) is 26.2 Å². The second-order valence-corrected chi connectivity index (χ2v) is 6.20. The molecular weight excluding hydrogens is 254 g/mol. The zero-order chi connectivity index (χ0) is 14.4.